The highest BCUT2D eigenvalue weighted by Crippen LogP contribution is 2.36. The summed E-state index contributed by atoms with van der Waals surface area (Å²) in [5.41, 5.74) is -2.41. The molecule has 23 heavy (non-hydrogen) atoms. The van der Waals surface area contributed by atoms with Crippen LogP contribution >= 0.6 is 0 Å². The number of nitro benzene ring substituents is 1. The third-order valence-corrected chi connectivity index (χ3v) is 2.95. The Morgan fingerprint density at radius 2 is 1.78 bits per heavy atom. The van der Waals surface area contributed by atoms with E-state index in [2.05, 4.69) is 5.32 Å². The van der Waals surface area contributed by atoms with E-state index in [-0.39, 0.29) is 11.3 Å². The van der Waals surface area contributed by atoms with E-state index in [4.69, 9.17) is 5.11 Å². The van der Waals surface area contributed by atoms with E-state index in [0.717, 1.165) is 0 Å². The smallest absolute Gasteiger partial charge is 0.416 e. The molecule has 0 bridgehead atoms. The summed E-state index contributed by atoms with van der Waals surface area (Å²) < 4.78 is 38.3. The molecule has 2 aromatic rings. The molecule has 6 nitrogen and oxygen atoms in total. The topological polar surface area (TPSA) is 92.5 Å². The monoisotopic (exact) mass is 326 g/mol. The number of alkyl halides is 3. The predicted molar refractivity (Wildman–Crippen MR) is 74.8 cm³/mol. The zero-order valence-corrected chi connectivity index (χ0v) is 11.3. The fourth-order valence-electron chi connectivity index (χ4n) is 1.90. The van der Waals surface area contributed by atoms with Gasteiger partial charge >= 0.3 is 12.1 Å². The third-order valence-electron chi connectivity index (χ3n) is 2.95. The second-order valence-corrected chi connectivity index (χ2v) is 4.46. The lowest BCUT2D eigenvalue weighted by molar-refractivity contribution is -0.384. The Morgan fingerprint density at radius 3 is 2.35 bits per heavy atom. The zero-order valence-electron chi connectivity index (χ0n) is 11.3. The average molecular weight is 326 g/mol. The molecule has 0 aromatic heterocycles. The van der Waals surface area contributed by atoms with Crippen molar-refractivity contribution in [2.24, 2.45) is 0 Å². The summed E-state index contributed by atoms with van der Waals surface area (Å²) in [7, 11) is 0. The van der Waals surface area contributed by atoms with Gasteiger partial charge in [-0.15, -0.1) is 0 Å². The lowest BCUT2D eigenvalue weighted by atomic mass is 10.1. The molecule has 0 unspecified atom stereocenters. The first kappa shape index (κ1) is 16.3. The fourth-order valence-corrected chi connectivity index (χ4v) is 1.90. The minimum Gasteiger partial charge on any atom is -0.478 e. The van der Waals surface area contributed by atoms with Gasteiger partial charge in [0.05, 0.1) is 21.7 Å². The number of benzene rings is 2. The number of carbonyl (C=O) groups is 1. The number of carboxylic acid groups (broad SMARTS) is 1. The van der Waals surface area contributed by atoms with E-state index < -0.39 is 34.0 Å². The maximum atomic E-state index is 12.8. The summed E-state index contributed by atoms with van der Waals surface area (Å²) in [4.78, 5) is 21.2. The van der Waals surface area contributed by atoms with Gasteiger partial charge in [0.15, 0.2) is 0 Å². The van der Waals surface area contributed by atoms with Gasteiger partial charge in [-0.25, -0.2) is 4.79 Å². The van der Waals surface area contributed by atoms with E-state index in [1.165, 1.54) is 24.3 Å². The van der Waals surface area contributed by atoms with Gasteiger partial charge in [0.1, 0.15) is 5.69 Å². The number of carboxylic acids is 1. The van der Waals surface area contributed by atoms with E-state index in [1.807, 2.05) is 0 Å². The minimum atomic E-state index is -4.68. The summed E-state index contributed by atoms with van der Waals surface area (Å²) in [6.07, 6.45) is -4.68. The summed E-state index contributed by atoms with van der Waals surface area (Å²) in [6, 6.07) is 7.28. The maximum Gasteiger partial charge on any atom is 0.416 e. The molecule has 0 radical (unpaired) electrons. The zero-order chi connectivity index (χ0) is 17.2. The van der Waals surface area contributed by atoms with E-state index in [1.54, 1.807) is 0 Å². The molecular formula is C14H9F3N2O4. The van der Waals surface area contributed by atoms with Gasteiger partial charge in [-0.2, -0.15) is 13.2 Å². The Morgan fingerprint density at radius 1 is 1.13 bits per heavy atom. The van der Waals surface area contributed by atoms with Crippen molar-refractivity contribution in [2.75, 3.05) is 5.32 Å². The standard InChI is InChI=1S/C14H9F3N2O4/c15-14(16,17)8-5-6-12(19(22)23)11(7-8)18-10-4-2-1-3-9(10)13(20)21/h1-7,18H,(H,20,21). The van der Waals surface area contributed by atoms with Crippen LogP contribution < -0.4 is 5.32 Å². The Kier molecular flexibility index (Phi) is 4.21. The molecular weight excluding hydrogens is 317 g/mol. The fraction of sp³-hybridized carbons (Fsp3) is 0.0714. The first-order valence-corrected chi connectivity index (χ1v) is 6.15. The molecule has 9 heteroatoms. The van der Waals surface area contributed by atoms with Crippen LogP contribution in [-0.4, -0.2) is 16.0 Å². The number of anilines is 2. The van der Waals surface area contributed by atoms with Crippen molar-refractivity contribution in [1.29, 1.82) is 0 Å². The van der Waals surface area contributed by atoms with E-state index >= 15 is 0 Å². The first-order chi connectivity index (χ1) is 10.7. The minimum absolute atomic E-state index is 0.0533. The number of para-hydroxylation sites is 1. The number of rotatable bonds is 4. The quantitative estimate of drug-likeness (QED) is 0.653. The van der Waals surface area contributed by atoms with Crippen LogP contribution in [0.5, 0.6) is 0 Å². The Bertz CT molecular complexity index is 775. The number of hydrogen-bond acceptors (Lipinski definition) is 4. The van der Waals surface area contributed by atoms with Gasteiger partial charge in [0.25, 0.3) is 5.69 Å². The normalized spacial score (nSPS) is 11.1. The summed E-state index contributed by atoms with van der Waals surface area (Å²) >= 11 is 0. The SMILES string of the molecule is O=C(O)c1ccccc1Nc1cc(C(F)(F)F)ccc1[N+](=O)[O-]. The van der Waals surface area contributed by atoms with Crippen LogP contribution in [-0.2, 0) is 6.18 Å². The van der Waals surface area contributed by atoms with Crippen LogP contribution in [0.25, 0.3) is 0 Å². The second kappa shape index (κ2) is 5.95. The summed E-state index contributed by atoms with van der Waals surface area (Å²) in [5.74, 6) is -1.32. The van der Waals surface area contributed by atoms with Crippen molar-refractivity contribution < 1.29 is 28.0 Å². The molecule has 0 saturated heterocycles. The van der Waals surface area contributed by atoms with Gasteiger partial charge in [-0.3, -0.25) is 10.1 Å². The second-order valence-electron chi connectivity index (χ2n) is 4.46. The third kappa shape index (κ3) is 3.57. The highest BCUT2D eigenvalue weighted by molar-refractivity contribution is 5.95. The molecule has 0 aliphatic heterocycles. The molecule has 2 rings (SSSR count). The van der Waals surface area contributed by atoms with Gasteiger partial charge < -0.3 is 10.4 Å². The molecule has 0 amide bonds. The Labute approximate surface area is 127 Å². The molecule has 0 saturated carbocycles. The van der Waals surface area contributed by atoms with Gasteiger partial charge in [0, 0.05) is 6.07 Å². The van der Waals surface area contributed by atoms with Crippen LogP contribution in [0.4, 0.5) is 30.2 Å². The van der Waals surface area contributed by atoms with Crippen LogP contribution in [0.3, 0.4) is 0 Å². The number of nitrogens with zero attached hydrogens (tertiary/aromatic N) is 1. The van der Waals surface area contributed by atoms with E-state index in [0.29, 0.717) is 18.2 Å². The van der Waals surface area contributed by atoms with Crippen LogP contribution in [0.2, 0.25) is 0 Å². The van der Waals surface area contributed by atoms with E-state index in [9.17, 15) is 28.1 Å². The van der Waals surface area contributed by atoms with Gasteiger partial charge in [0.2, 0.25) is 0 Å². The number of aromatic carboxylic acids is 1. The van der Waals surface area contributed by atoms with Crippen LogP contribution in [0.15, 0.2) is 42.5 Å². The highest BCUT2D eigenvalue weighted by Gasteiger charge is 2.32. The van der Waals surface area contributed by atoms with Gasteiger partial charge in [-0.05, 0) is 24.3 Å². The number of hydrogen-bond donors (Lipinski definition) is 2. The largest absolute Gasteiger partial charge is 0.478 e. The number of nitro groups is 1. The highest BCUT2D eigenvalue weighted by atomic mass is 19.4. The van der Waals surface area contributed by atoms with Gasteiger partial charge in [-0.1, -0.05) is 12.1 Å². The average Bonchev–Trinajstić information content (AvgIpc) is 2.46. The van der Waals surface area contributed by atoms with Crippen molar-refractivity contribution >= 4 is 23.0 Å². The summed E-state index contributed by atoms with van der Waals surface area (Å²) in [6.45, 7) is 0. The Balaban J connectivity index is 2.54. The molecule has 0 aliphatic carbocycles. The van der Waals surface area contributed by atoms with Crippen LogP contribution in [0, 0.1) is 10.1 Å². The molecule has 0 aliphatic rings. The molecule has 0 heterocycles. The molecule has 0 atom stereocenters. The first-order valence-electron chi connectivity index (χ1n) is 6.15. The maximum absolute atomic E-state index is 12.8. The lowest BCUT2D eigenvalue weighted by Gasteiger charge is -2.12. The molecule has 2 aromatic carbocycles. The van der Waals surface area contributed by atoms with Crippen molar-refractivity contribution in [3.63, 3.8) is 0 Å². The van der Waals surface area contributed by atoms with Crippen molar-refractivity contribution in [2.45, 2.75) is 6.18 Å². The molecule has 0 fully saturated rings. The summed E-state index contributed by atoms with van der Waals surface area (Å²) in [5, 5.41) is 22.4. The van der Waals surface area contributed by atoms with Crippen molar-refractivity contribution in [1.82, 2.24) is 0 Å². The number of nitrogens with one attached hydrogen (secondary N) is 1. The molecule has 2 N–H and O–H groups in total. The number of halogens is 3. The van der Waals surface area contributed by atoms with Crippen molar-refractivity contribution in [3.8, 4) is 0 Å². The molecule has 120 valence electrons. The Hall–Kier alpha value is -3.10. The molecule has 0 spiro atoms. The predicted octanol–water partition coefficient (Wildman–Crippen LogP) is 4.06. The lowest BCUT2D eigenvalue weighted by Crippen LogP contribution is -2.08. The van der Waals surface area contributed by atoms with Crippen LogP contribution in [0.1, 0.15) is 15.9 Å². The van der Waals surface area contributed by atoms with Crippen molar-refractivity contribution in [3.05, 3.63) is 63.7 Å².